The first kappa shape index (κ1) is 14.1. The van der Waals surface area contributed by atoms with Gasteiger partial charge in [-0.15, -0.1) is 16.4 Å². The number of H-pyrrole nitrogens is 1. The molecular formula is C12H16N4OS2. The summed E-state index contributed by atoms with van der Waals surface area (Å²) in [5.74, 6) is 0.838. The van der Waals surface area contributed by atoms with Gasteiger partial charge in [0, 0.05) is 17.8 Å². The Hall–Kier alpha value is -1.34. The number of carbonyl (C=O) groups is 1. The summed E-state index contributed by atoms with van der Waals surface area (Å²) < 4.78 is 0. The van der Waals surface area contributed by atoms with Crippen LogP contribution in [0.15, 0.2) is 22.7 Å². The lowest BCUT2D eigenvalue weighted by Crippen LogP contribution is -2.30. The molecule has 0 spiro atoms. The lowest BCUT2D eigenvalue weighted by atomic mass is 10.3. The second kappa shape index (κ2) is 6.72. The SMILES string of the molecule is CCNC(=O)C(C)Sc1n[nH]c(Cc2cccs2)n1. The number of rotatable bonds is 6. The van der Waals surface area contributed by atoms with Crippen molar-refractivity contribution in [3.05, 3.63) is 28.2 Å². The van der Waals surface area contributed by atoms with E-state index < -0.39 is 0 Å². The number of aromatic nitrogens is 3. The smallest absolute Gasteiger partial charge is 0.233 e. The molecule has 0 saturated carbocycles. The Balaban J connectivity index is 1.92. The van der Waals surface area contributed by atoms with E-state index in [0.29, 0.717) is 11.7 Å². The fourth-order valence-corrected chi connectivity index (χ4v) is 2.99. The number of hydrogen-bond donors (Lipinski definition) is 2. The summed E-state index contributed by atoms with van der Waals surface area (Å²) in [6.07, 6.45) is 0.751. The van der Waals surface area contributed by atoms with E-state index >= 15 is 0 Å². The fraction of sp³-hybridized carbons (Fsp3) is 0.417. The Morgan fingerprint density at radius 1 is 1.63 bits per heavy atom. The van der Waals surface area contributed by atoms with Crippen molar-refractivity contribution in [2.24, 2.45) is 0 Å². The number of thiophene rings is 1. The topological polar surface area (TPSA) is 70.7 Å². The highest BCUT2D eigenvalue weighted by molar-refractivity contribution is 8.00. The van der Waals surface area contributed by atoms with E-state index in [1.807, 2.05) is 25.3 Å². The zero-order valence-electron chi connectivity index (χ0n) is 10.8. The third kappa shape index (κ3) is 4.07. The van der Waals surface area contributed by atoms with E-state index in [1.54, 1.807) is 11.3 Å². The van der Waals surface area contributed by atoms with E-state index in [4.69, 9.17) is 0 Å². The molecule has 102 valence electrons. The van der Waals surface area contributed by atoms with Crippen LogP contribution in [-0.2, 0) is 11.2 Å². The van der Waals surface area contributed by atoms with Crippen LogP contribution in [0.5, 0.6) is 0 Å². The van der Waals surface area contributed by atoms with Crippen molar-refractivity contribution in [1.82, 2.24) is 20.5 Å². The van der Waals surface area contributed by atoms with Crippen LogP contribution in [0, 0.1) is 0 Å². The van der Waals surface area contributed by atoms with Crippen LogP contribution < -0.4 is 5.32 Å². The average molecular weight is 296 g/mol. The molecule has 2 N–H and O–H groups in total. The maximum atomic E-state index is 11.6. The number of nitrogens with zero attached hydrogens (tertiary/aromatic N) is 2. The third-order valence-electron chi connectivity index (χ3n) is 2.44. The monoisotopic (exact) mass is 296 g/mol. The quantitative estimate of drug-likeness (QED) is 0.801. The third-order valence-corrected chi connectivity index (χ3v) is 4.27. The summed E-state index contributed by atoms with van der Waals surface area (Å²) in [6, 6.07) is 4.08. The van der Waals surface area contributed by atoms with E-state index in [1.165, 1.54) is 16.6 Å². The molecule has 7 heteroatoms. The lowest BCUT2D eigenvalue weighted by Gasteiger charge is -2.07. The van der Waals surface area contributed by atoms with Gasteiger partial charge in [-0.25, -0.2) is 4.98 Å². The van der Waals surface area contributed by atoms with Gasteiger partial charge in [0.05, 0.1) is 5.25 Å². The Morgan fingerprint density at radius 3 is 3.16 bits per heavy atom. The van der Waals surface area contributed by atoms with Crippen LogP contribution in [0.4, 0.5) is 0 Å². The van der Waals surface area contributed by atoms with Crippen molar-refractivity contribution in [3.63, 3.8) is 0 Å². The van der Waals surface area contributed by atoms with Crippen molar-refractivity contribution in [3.8, 4) is 0 Å². The first-order valence-electron chi connectivity index (χ1n) is 6.07. The predicted octanol–water partition coefficient (Wildman–Crippen LogP) is 2.07. The van der Waals surface area contributed by atoms with E-state index in [9.17, 15) is 4.79 Å². The van der Waals surface area contributed by atoms with Crippen LogP contribution >= 0.6 is 23.1 Å². The Labute approximate surface area is 120 Å². The normalized spacial score (nSPS) is 12.3. The van der Waals surface area contributed by atoms with Crippen LogP contribution in [0.3, 0.4) is 0 Å². The molecule has 0 aliphatic heterocycles. The van der Waals surface area contributed by atoms with Crippen LogP contribution in [0.1, 0.15) is 24.5 Å². The highest BCUT2D eigenvalue weighted by Gasteiger charge is 2.16. The van der Waals surface area contributed by atoms with Gasteiger partial charge in [-0.2, -0.15) is 0 Å². The molecule has 2 aromatic heterocycles. The van der Waals surface area contributed by atoms with Crippen LogP contribution in [0.25, 0.3) is 0 Å². The zero-order valence-corrected chi connectivity index (χ0v) is 12.5. The lowest BCUT2D eigenvalue weighted by molar-refractivity contribution is -0.120. The summed E-state index contributed by atoms with van der Waals surface area (Å²) in [7, 11) is 0. The summed E-state index contributed by atoms with van der Waals surface area (Å²) in [4.78, 5) is 17.2. The molecule has 0 bridgehead atoms. The molecule has 19 heavy (non-hydrogen) atoms. The molecule has 2 heterocycles. The molecule has 1 amide bonds. The summed E-state index contributed by atoms with van der Waals surface area (Å²) >= 11 is 3.06. The molecule has 1 atom stereocenters. The van der Waals surface area contributed by atoms with Crippen LogP contribution in [-0.4, -0.2) is 32.9 Å². The molecule has 0 aliphatic rings. The van der Waals surface area contributed by atoms with Crippen molar-refractivity contribution < 1.29 is 4.79 Å². The van der Waals surface area contributed by atoms with Gasteiger partial charge < -0.3 is 5.32 Å². The molecule has 2 aromatic rings. The van der Waals surface area contributed by atoms with E-state index in [0.717, 1.165) is 12.2 Å². The highest BCUT2D eigenvalue weighted by atomic mass is 32.2. The van der Waals surface area contributed by atoms with Crippen LogP contribution in [0.2, 0.25) is 0 Å². The first-order chi connectivity index (χ1) is 9.19. The molecule has 1 unspecified atom stereocenters. The second-order valence-electron chi connectivity index (χ2n) is 3.98. The van der Waals surface area contributed by atoms with Crippen molar-refractivity contribution in [1.29, 1.82) is 0 Å². The number of aromatic amines is 1. The second-order valence-corrected chi connectivity index (χ2v) is 6.32. The minimum absolute atomic E-state index is 0.0112. The minimum atomic E-state index is -0.190. The number of amides is 1. The highest BCUT2D eigenvalue weighted by Crippen LogP contribution is 2.20. The number of thioether (sulfide) groups is 1. The molecular weight excluding hydrogens is 280 g/mol. The van der Waals surface area contributed by atoms with Crippen molar-refractivity contribution in [2.75, 3.05) is 6.54 Å². The van der Waals surface area contributed by atoms with E-state index in [-0.39, 0.29) is 11.2 Å². The van der Waals surface area contributed by atoms with Gasteiger partial charge >= 0.3 is 0 Å². The molecule has 5 nitrogen and oxygen atoms in total. The molecule has 0 radical (unpaired) electrons. The van der Waals surface area contributed by atoms with Gasteiger partial charge in [-0.05, 0) is 25.3 Å². The standard InChI is InChI=1S/C12H16N4OS2/c1-3-13-11(17)8(2)19-12-14-10(15-16-12)7-9-5-4-6-18-9/h4-6,8H,3,7H2,1-2H3,(H,13,17)(H,14,15,16). The van der Waals surface area contributed by atoms with Crippen molar-refractivity contribution in [2.45, 2.75) is 30.7 Å². The van der Waals surface area contributed by atoms with Gasteiger partial charge in [0.1, 0.15) is 5.82 Å². The fourth-order valence-electron chi connectivity index (χ4n) is 1.52. The minimum Gasteiger partial charge on any atom is -0.355 e. The first-order valence-corrected chi connectivity index (χ1v) is 7.83. The molecule has 0 aromatic carbocycles. The Morgan fingerprint density at radius 2 is 2.47 bits per heavy atom. The number of carbonyl (C=O) groups excluding carboxylic acids is 1. The molecule has 2 rings (SSSR count). The number of nitrogens with one attached hydrogen (secondary N) is 2. The maximum Gasteiger partial charge on any atom is 0.233 e. The molecule has 0 saturated heterocycles. The Kier molecular flexibility index (Phi) is 4.98. The summed E-state index contributed by atoms with van der Waals surface area (Å²) in [5.41, 5.74) is 0. The molecule has 0 fully saturated rings. The Bertz CT molecular complexity index is 524. The van der Waals surface area contributed by atoms with Gasteiger partial charge in [0.2, 0.25) is 11.1 Å². The summed E-state index contributed by atoms with van der Waals surface area (Å²) in [6.45, 7) is 4.40. The predicted molar refractivity (Wildman–Crippen MR) is 77.5 cm³/mol. The maximum absolute atomic E-state index is 11.6. The zero-order chi connectivity index (χ0) is 13.7. The largest absolute Gasteiger partial charge is 0.355 e. The average Bonchev–Trinajstić information content (AvgIpc) is 3.02. The van der Waals surface area contributed by atoms with Gasteiger partial charge in [0.15, 0.2) is 0 Å². The van der Waals surface area contributed by atoms with Gasteiger partial charge in [-0.1, -0.05) is 17.8 Å². The number of hydrogen-bond acceptors (Lipinski definition) is 5. The van der Waals surface area contributed by atoms with E-state index in [2.05, 4.69) is 26.6 Å². The van der Waals surface area contributed by atoms with Gasteiger partial charge in [0.25, 0.3) is 0 Å². The van der Waals surface area contributed by atoms with Gasteiger partial charge in [-0.3, -0.25) is 9.89 Å². The molecule has 0 aliphatic carbocycles. The summed E-state index contributed by atoms with van der Waals surface area (Å²) in [5, 5.41) is 12.3. The van der Waals surface area contributed by atoms with Crippen molar-refractivity contribution >= 4 is 29.0 Å².